The van der Waals surface area contributed by atoms with Gasteiger partial charge in [0.25, 0.3) is 0 Å². The second-order valence-electron chi connectivity index (χ2n) is 4.25. The maximum absolute atomic E-state index is 5.50. The Morgan fingerprint density at radius 3 is 2.65 bits per heavy atom. The first-order valence-electron chi connectivity index (χ1n) is 6.89. The number of aliphatic imine (C=N–C) groups is 1. The maximum atomic E-state index is 5.50. The van der Waals surface area contributed by atoms with Crippen LogP contribution in [0.5, 0.6) is 0 Å². The molecule has 0 spiro atoms. The van der Waals surface area contributed by atoms with Crippen molar-refractivity contribution in [2.45, 2.75) is 20.1 Å². The molecule has 0 saturated carbocycles. The molecule has 4 nitrogen and oxygen atoms in total. The maximum Gasteiger partial charge on any atom is 0.191 e. The van der Waals surface area contributed by atoms with E-state index >= 15 is 0 Å². The minimum Gasteiger partial charge on any atom is -0.377 e. The summed E-state index contributed by atoms with van der Waals surface area (Å²) in [5.41, 5.74) is 2.47. The second-order valence-corrected chi connectivity index (χ2v) is 5.24. The van der Waals surface area contributed by atoms with Crippen LogP contribution in [-0.4, -0.2) is 38.2 Å². The summed E-state index contributed by atoms with van der Waals surface area (Å²) in [6, 6.07) is 8.33. The molecular formula is C15H25N3OS. The van der Waals surface area contributed by atoms with E-state index in [4.69, 9.17) is 4.74 Å². The van der Waals surface area contributed by atoms with Crippen LogP contribution in [0.3, 0.4) is 0 Å². The topological polar surface area (TPSA) is 45.6 Å². The normalized spacial score (nSPS) is 11.4. The van der Waals surface area contributed by atoms with Gasteiger partial charge < -0.3 is 15.4 Å². The van der Waals surface area contributed by atoms with Crippen molar-refractivity contribution >= 4 is 17.7 Å². The van der Waals surface area contributed by atoms with Crippen molar-refractivity contribution in [2.75, 3.05) is 32.2 Å². The Hall–Kier alpha value is -1.20. The molecule has 112 valence electrons. The average Bonchev–Trinajstić information content (AvgIpc) is 2.49. The lowest BCUT2D eigenvalue weighted by molar-refractivity contribution is 0.133. The van der Waals surface area contributed by atoms with Crippen LogP contribution in [0.1, 0.15) is 18.1 Å². The lowest BCUT2D eigenvalue weighted by Crippen LogP contribution is -2.38. The number of nitrogens with zero attached hydrogens (tertiary/aromatic N) is 1. The summed E-state index contributed by atoms with van der Waals surface area (Å²) < 4.78 is 5.50. The van der Waals surface area contributed by atoms with Crippen LogP contribution >= 0.6 is 11.8 Å². The fourth-order valence-corrected chi connectivity index (χ4v) is 2.06. The first kappa shape index (κ1) is 16.9. The van der Waals surface area contributed by atoms with Gasteiger partial charge in [0.05, 0.1) is 6.61 Å². The van der Waals surface area contributed by atoms with Crippen LogP contribution in [0.25, 0.3) is 0 Å². The van der Waals surface area contributed by atoms with E-state index in [1.807, 2.05) is 24.8 Å². The highest BCUT2D eigenvalue weighted by atomic mass is 32.2. The molecule has 0 aliphatic carbocycles. The van der Waals surface area contributed by atoms with Crippen molar-refractivity contribution in [3.05, 3.63) is 35.4 Å². The molecule has 5 heteroatoms. The number of ether oxygens (including phenoxy) is 1. The summed E-state index contributed by atoms with van der Waals surface area (Å²) in [6.07, 6.45) is 2.10. The third-order valence-corrected chi connectivity index (χ3v) is 3.46. The van der Waals surface area contributed by atoms with Crippen LogP contribution in [0.2, 0.25) is 0 Å². The first-order valence-corrected chi connectivity index (χ1v) is 8.29. The Morgan fingerprint density at radius 2 is 2.00 bits per heavy atom. The number of thioether (sulfide) groups is 1. The van der Waals surface area contributed by atoms with Crippen molar-refractivity contribution in [3.63, 3.8) is 0 Å². The van der Waals surface area contributed by atoms with Crippen LogP contribution in [0, 0.1) is 0 Å². The molecule has 0 aromatic heterocycles. The predicted molar refractivity (Wildman–Crippen MR) is 88.4 cm³/mol. The molecule has 1 aromatic carbocycles. The van der Waals surface area contributed by atoms with E-state index in [9.17, 15) is 0 Å². The van der Waals surface area contributed by atoms with Crippen molar-refractivity contribution < 1.29 is 4.74 Å². The monoisotopic (exact) mass is 295 g/mol. The molecule has 1 rings (SSSR count). The highest BCUT2D eigenvalue weighted by Gasteiger charge is 2.03. The highest BCUT2D eigenvalue weighted by Crippen LogP contribution is 2.09. The smallest absolute Gasteiger partial charge is 0.191 e. The number of guanidine groups is 1. The minimum absolute atomic E-state index is 0.660. The molecular weight excluding hydrogens is 270 g/mol. The van der Waals surface area contributed by atoms with Gasteiger partial charge in [-0.25, -0.2) is 0 Å². The molecule has 2 N–H and O–H groups in total. The fraction of sp³-hybridized carbons (Fsp3) is 0.533. The van der Waals surface area contributed by atoms with E-state index in [1.54, 1.807) is 7.05 Å². The van der Waals surface area contributed by atoms with Gasteiger partial charge in [-0.2, -0.15) is 11.8 Å². The summed E-state index contributed by atoms with van der Waals surface area (Å²) in [7, 11) is 1.79. The Balaban J connectivity index is 2.50. The number of hydrogen-bond donors (Lipinski definition) is 2. The molecule has 0 unspecified atom stereocenters. The van der Waals surface area contributed by atoms with E-state index in [2.05, 4.69) is 40.1 Å². The zero-order valence-corrected chi connectivity index (χ0v) is 13.4. The Bertz CT molecular complexity index is 410. The van der Waals surface area contributed by atoms with E-state index in [-0.39, 0.29) is 0 Å². The fourth-order valence-electron chi connectivity index (χ4n) is 1.75. The van der Waals surface area contributed by atoms with Gasteiger partial charge in [-0.15, -0.1) is 0 Å². The minimum atomic E-state index is 0.660. The summed E-state index contributed by atoms with van der Waals surface area (Å²) in [6.45, 7) is 5.08. The van der Waals surface area contributed by atoms with Gasteiger partial charge in [0.1, 0.15) is 0 Å². The molecule has 0 fully saturated rings. The van der Waals surface area contributed by atoms with Gasteiger partial charge in [-0.1, -0.05) is 24.3 Å². The number of hydrogen-bond acceptors (Lipinski definition) is 3. The Labute approximate surface area is 126 Å². The van der Waals surface area contributed by atoms with E-state index in [0.717, 1.165) is 31.4 Å². The van der Waals surface area contributed by atoms with Crippen LogP contribution < -0.4 is 10.6 Å². The summed E-state index contributed by atoms with van der Waals surface area (Å²) in [5, 5.41) is 6.63. The number of nitrogens with one attached hydrogen (secondary N) is 2. The van der Waals surface area contributed by atoms with Gasteiger partial charge in [0.2, 0.25) is 0 Å². The molecule has 0 heterocycles. The quantitative estimate of drug-likeness (QED) is 0.439. The summed E-state index contributed by atoms with van der Waals surface area (Å²) >= 11 is 1.82. The van der Waals surface area contributed by atoms with Gasteiger partial charge in [0, 0.05) is 32.5 Å². The largest absolute Gasteiger partial charge is 0.377 e. The summed E-state index contributed by atoms with van der Waals surface area (Å²) in [4.78, 5) is 4.22. The van der Waals surface area contributed by atoms with Crippen LogP contribution in [0.15, 0.2) is 29.3 Å². The molecule has 0 bridgehead atoms. The van der Waals surface area contributed by atoms with E-state index in [1.165, 1.54) is 11.1 Å². The molecule has 0 saturated heterocycles. The van der Waals surface area contributed by atoms with Crippen LogP contribution in [-0.2, 0) is 17.9 Å². The molecule has 1 aromatic rings. The lowest BCUT2D eigenvalue weighted by atomic mass is 10.1. The van der Waals surface area contributed by atoms with Gasteiger partial charge in [-0.3, -0.25) is 4.99 Å². The highest BCUT2D eigenvalue weighted by molar-refractivity contribution is 7.98. The Morgan fingerprint density at radius 1 is 1.25 bits per heavy atom. The SMILES string of the molecule is CCOCc1ccccc1CNC(=NC)NCCSC. The lowest BCUT2D eigenvalue weighted by Gasteiger charge is -2.14. The number of benzene rings is 1. The molecule has 0 atom stereocenters. The van der Waals surface area contributed by atoms with E-state index < -0.39 is 0 Å². The van der Waals surface area contributed by atoms with Crippen LogP contribution in [0.4, 0.5) is 0 Å². The molecule has 0 radical (unpaired) electrons. The summed E-state index contributed by atoms with van der Waals surface area (Å²) in [5.74, 6) is 1.91. The second kappa shape index (κ2) is 10.6. The zero-order chi connectivity index (χ0) is 14.6. The standard InChI is InChI=1S/C15H25N3OS/c1-4-19-12-14-8-6-5-7-13(14)11-18-15(16-2)17-9-10-20-3/h5-8H,4,9-12H2,1-3H3,(H2,16,17,18). The number of rotatable bonds is 8. The third-order valence-electron chi connectivity index (χ3n) is 2.85. The van der Waals surface area contributed by atoms with Crippen molar-refractivity contribution in [2.24, 2.45) is 4.99 Å². The van der Waals surface area contributed by atoms with Gasteiger partial charge in [0.15, 0.2) is 5.96 Å². The zero-order valence-electron chi connectivity index (χ0n) is 12.6. The predicted octanol–water partition coefficient (Wildman–Crippen LogP) is 2.25. The molecule has 0 aliphatic rings. The Kier molecular flexibility index (Phi) is 8.91. The molecule has 0 aliphatic heterocycles. The molecule has 20 heavy (non-hydrogen) atoms. The first-order chi connectivity index (χ1) is 9.81. The van der Waals surface area contributed by atoms with Gasteiger partial charge >= 0.3 is 0 Å². The van der Waals surface area contributed by atoms with Crippen molar-refractivity contribution in [1.29, 1.82) is 0 Å². The average molecular weight is 295 g/mol. The molecule has 0 amide bonds. The van der Waals surface area contributed by atoms with Crippen molar-refractivity contribution in [3.8, 4) is 0 Å². The van der Waals surface area contributed by atoms with Gasteiger partial charge in [-0.05, 0) is 24.3 Å². The van der Waals surface area contributed by atoms with E-state index in [0.29, 0.717) is 6.61 Å². The third kappa shape index (κ3) is 6.30. The van der Waals surface area contributed by atoms with Crippen molar-refractivity contribution in [1.82, 2.24) is 10.6 Å².